The first-order chi connectivity index (χ1) is 5.79. The number of alkyl halides is 1. The van der Waals surface area contributed by atoms with Crippen molar-refractivity contribution >= 4 is 11.6 Å². The molecule has 0 bridgehead atoms. The Bertz CT molecular complexity index is 220. The number of nitrogens with zero attached hydrogens (tertiary/aromatic N) is 1. The molecule has 1 aromatic heterocycles. The first-order valence-corrected chi connectivity index (χ1v) is 4.83. The topological polar surface area (TPSA) is 26.0 Å². The molecule has 0 spiro atoms. The molecule has 0 atom stereocenters. The minimum absolute atomic E-state index is 0.499. The second kappa shape index (κ2) is 6.06. The van der Waals surface area contributed by atoms with E-state index >= 15 is 0 Å². The van der Waals surface area contributed by atoms with Gasteiger partial charge >= 0.3 is 0 Å². The molecular formula is C9H16ClNO. The van der Waals surface area contributed by atoms with Crippen LogP contribution in [0.1, 0.15) is 37.8 Å². The van der Waals surface area contributed by atoms with Gasteiger partial charge in [0.25, 0.3) is 0 Å². The van der Waals surface area contributed by atoms with Crippen LogP contribution in [0.25, 0.3) is 0 Å². The third-order valence-corrected chi connectivity index (χ3v) is 1.80. The lowest BCUT2D eigenvalue weighted by molar-refractivity contribution is 0.390. The normalized spacial score (nSPS) is 9.08. The van der Waals surface area contributed by atoms with E-state index < -0.39 is 0 Å². The fraction of sp³-hybridized carbons (Fsp3) is 0.667. The smallest absolute Gasteiger partial charge is 0.138 e. The predicted octanol–water partition coefficient (Wildman–Crippen LogP) is 3.31. The van der Waals surface area contributed by atoms with Gasteiger partial charge in [0, 0.05) is 5.56 Å². The van der Waals surface area contributed by atoms with Crippen LogP contribution >= 0.6 is 11.6 Å². The van der Waals surface area contributed by atoms with Crippen LogP contribution in [0.3, 0.4) is 0 Å². The van der Waals surface area contributed by atoms with Crippen LogP contribution in [0.15, 0.2) is 4.52 Å². The summed E-state index contributed by atoms with van der Waals surface area (Å²) in [4.78, 5) is 0. The summed E-state index contributed by atoms with van der Waals surface area (Å²) in [5.41, 5.74) is 2.02. The zero-order valence-electron chi connectivity index (χ0n) is 8.15. The summed E-state index contributed by atoms with van der Waals surface area (Å²) in [7, 11) is 0. The Kier molecular flexibility index (Phi) is 5.81. The third kappa shape index (κ3) is 2.52. The van der Waals surface area contributed by atoms with Crippen molar-refractivity contribution < 1.29 is 4.52 Å². The predicted molar refractivity (Wildman–Crippen MR) is 51.5 cm³/mol. The van der Waals surface area contributed by atoms with Crippen LogP contribution < -0.4 is 0 Å². The molecule has 12 heavy (non-hydrogen) atoms. The van der Waals surface area contributed by atoms with Crippen molar-refractivity contribution in [2.75, 3.05) is 0 Å². The van der Waals surface area contributed by atoms with Crippen LogP contribution in [0.4, 0.5) is 0 Å². The monoisotopic (exact) mass is 189 g/mol. The van der Waals surface area contributed by atoms with Crippen LogP contribution in [-0.4, -0.2) is 5.16 Å². The highest BCUT2D eigenvalue weighted by Crippen LogP contribution is 2.15. The maximum absolute atomic E-state index is 5.66. The summed E-state index contributed by atoms with van der Waals surface area (Å²) < 4.78 is 4.94. The summed E-state index contributed by atoms with van der Waals surface area (Å²) in [6, 6.07) is 0. The Morgan fingerprint density at radius 1 is 1.42 bits per heavy atom. The van der Waals surface area contributed by atoms with Gasteiger partial charge in [0.05, 0.1) is 11.6 Å². The van der Waals surface area contributed by atoms with Gasteiger partial charge in [0.2, 0.25) is 0 Å². The molecule has 0 saturated carbocycles. The van der Waals surface area contributed by atoms with E-state index in [0.717, 1.165) is 23.4 Å². The molecular weight excluding hydrogens is 174 g/mol. The maximum atomic E-state index is 5.66. The van der Waals surface area contributed by atoms with Crippen molar-refractivity contribution in [3.05, 3.63) is 17.0 Å². The summed E-state index contributed by atoms with van der Waals surface area (Å²) >= 11 is 5.66. The van der Waals surface area contributed by atoms with Gasteiger partial charge in [-0.1, -0.05) is 25.9 Å². The molecule has 1 rings (SSSR count). The van der Waals surface area contributed by atoms with Gasteiger partial charge in [0.1, 0.15) is 5.76 Å². The van der Waals surface area contributed by atoms with Gasteiger partial charge in [-0.15, -0.1) is 11.6 Å². The van der Waals surface area contributed by atoms with Crippen molar-refractivity contribution in [2.24, 2.45) is 0 Å². The Morgan fingerprint density at radius 2 is 2.00 bits per heavy atom. The van der Waals surface area contributed by atoms with E-state index in [9.17, 15) is 0 Å². The van der Waals surface area contributed by atoms with E-state index in [4.69, 9.17) is 16.1 Å². The highest BCUT2D eigenvalue weighted by atomic mass is 35.5. The highest BCUT2D eigenvalue weighted by molar-refractivity contribution is 6.17. The summed E-state index contributed by atoms with van der Waals surface area (Å²) in [5.74, 6) is 1.34. The number of aromatic nitrogens is 1. The van der Waals surface area contributed by atoms with Crippen molar-refractivity contribution in [1.29, 1.82) is 0 Å². The molecule has 0 N–H and O–H groups in total. The molecule has 1 aromatic rings. The molecule has 0 fully saturated rings. The molecule has 0 unspecified atom stereocenters. The number of aryl methyl sites for hydroxylation is 2. The molecule has 3 heteroatoms. The average molecular weight is 190 g/mol. The van der Waals surface area contributed by atoms with Gasteiger partial charge in [0.15, 0.2) is 0 Å². The number of halogens is 1. The second-order valence-electron chi connectivity index (χ2n) is 2.15. The zero-order chi connectivity index (χ0) is 9.56. The van der Waals surface area contributed by atoms with Crippen molar-refractivity contribution in [3.8, 4) is 0 Å². The van der Waals surface area contributed by atoms with Gasteiger partial charge in [-0.25, -0.2) is 0 Å². The van der Waals surface area contributed by atoms with Crippen LogP contribution in [0.5, 0.6) is 0 Å². The van der Waals surface area contributed by atoms with E-state index in [1.165, 1.54) is 0 Å². The van der Waals surface area contributed by atoms with Crippen molar-refractivity contribution in [3.63, 3.8) is 0 Å². The molecule has 2 nitrogen and oxygen atoms in total. The number of hydrogen-bond acceptors (Lipinski definition) is 2. The van der Waals surface area contributed by atoms with E-state index in [1.54, 1.807) is 0 Å². The largest absolute Gasteiger partial charge is 0.361 e. The fourth-order valence-electron chi connectivity index (χ4n) is 0.886. The van der Waals surface area contributed by atoms with E-state index in [1.807, 2.05) is 27.7 Å². The zero-order valence-corrected chi connectivity index (χ0v) is 8.90. The Labute approximate surface area is 78.9 Å². The minimum atomic E-state index is 0.499. The van der Waals surface area contributed by atoms with Crippen molar-refractivity contribution in [1.82, 2.24) is 5.16 Å². The molecule has 0 aliphatic heterocycles. The van der Waals surface area contributed by atoms with E-state index in [2.05, 4.69) is 5.16 Å². The van der Waals surface area contributed by atoms with Crippen LogP contribution in [0.2, 0.25) is 0 Å². The average Bonchev–Trinajstić information content (AvgIpc) is 2.49. The quantitative estimate of drug-likeness (QED) is 0.668. The molecule has 0 aromatic carbocycles. The van der Waals surface area contributed by atoms with Gasteiger partial charge in [-0.05, 0) is 13.3 Å². The van der Waals surface area contributed by atoms with E-state index in [-0.39, 0.29) is 0 Å². The summed E-state index contributed by atoms with van der Waals surface area (Å²) in [6.07, 6.45) is 0.888. The lowest BCUT2D eigenvalue weighted by atomic mass is 10.2. The Balaban J connectivity index is 0.000000561. The molecule has 0 amide bonds. The first-order valence-electron chi connectivity index (χ1n) is 4.29. The minimum Gasteiger partial charge on any atom is -0.361 e. The molecule has 0 saturated heterocycles. The molecule has 0 aliphatic rings. The second-order valence-corrected chi connectivity index (χ2v) is 2.42. The van der Waals surface area contributed by atoms with Gasteiger partial charge < -0.3 is 4.52 Å². The first kappa shape index (κ1) is 11.5. The molecule has 0 radical (unpaired) electrons. The van der Waals surface area contributed by atoms with E-state index in [0.29, 0.717) is 5.88 Å². The molecule has 1 heterocycles. The van der Waals surface area contributed by atoms with Crippen molar-refractivity contribution in [2.45, 2.75) is 40.0 Å². The van der Waals surface area contributed by atoms with Gasteiger partial charge in [-0.3, -0.25) is 0 Å². The lowest BCUT2D eigenvalue weighted by Crippen LogP contribution is -1.86. The summed E-state index contributed by atoms with van der Waals surface area (Å²) in [6.45, 7) is 7.91. The van der Waals surface area contributed by atoms with Crippen LogP contribution in [0, 0.1) is 6.92 Å². The third-order valence-electron chi connectivity index (χ3n) is 1.53. The SMILES string of the molecule is CC.CCc1noc(C)c1CCl. The fourth-order valence-corrected chi connectivity index (χ4v) is 1.23. The number of hydrogen-bond donors (Lipinski definition) is 0. The van der Waals surface area contributed by atoms with Gasteiger partial charge in [-0.2, -0.15) is 0 Å². The van der Waals surface area contributed by atoms with Crippen LogP contribution in [-0.2, 0) is 12.3 Å². The maximum Gasteiger partial charge on any atom is 0.138 e. The standard InChI is InChI=1S/C7H10ClNO.C2H6/c1-3-7-6(4-8)5(2)10-9-7;1-2/h3-4H2,1-2H3;1-2H3. The Hall–Kier alpha value is -0.500. The lowest BCUT2D eigenvalue weighted by Gasteiger charge is -1.90. The highest BCUT2D eigenvalue weighted by Gasteiger charge is 2.08. The Morgan fingerprint density at radius 3 is 2.33 bits per heavy atom. The number of rotatable bonds is 2. The molecule has 70 valence electrons. The molecule has 0 aliphatic carbocycles. The summed E-state index contributed by atoms with van der Waals surface area (Å²) in [5, 5.41) is 3.85.